The van der Waals surface area contributed by atoms with E-state index in [0.29, 0.717) is 0 Å². The van der Waals surface area contributed by atoms with Crippen LogP contribution in [0.3, 0.4) is 0 Å². The summed E-state index contributed by atoms with van der Waals surface area (Å²) in [5, 5.41) is 0. The second kappa shape index (κ2) is 8.77. The number of allylic oxidation sites excluding steroid dienone is 2. The summed E-state index contributed by atoms with van der Waals surface area (Å²) in [6, 6.07) is 0. The molecule has 3 fully saturated rings. The van der Waals surface area contributed by atoms with Crippen molar-refractivity contribution >= 4 is 6.71 Å². The van der Waals surface area contributed by atoms with Gasteiger partial charge in [-0.1, -0.05) is 106 Å². The molecule has 3 aliphatic carbocycles. The van der Waals surface area contributed by atoms with Crippen LogP contribution in [0.4, 0.5) is 0 Å². The lowest BCUT2D eigenvalue weighted by Crippen LogP contribution is -2.36. The van der Waals surface area contributed by atoms with Crippen LogP contribution in [0.2, 0.25) is 11.6 Å². The molecule has 23 heavy (non-hydrogen) atoms. The summed E-state index contributed by atoms with van der Waals surface area (Å²) in [5.41, 5.74) is 3.68. The standard InChI is InChI=1S/C22H39B/c1-18(2)22(19-12-6-3-7-13-19)23(20-14-8-4-9-15-20)21-16-10-5-11-17-21/h19-21H,3-17H2,1-2H3. The van der Waals surface area contributed by atoms with Gasteiger partial charge in [0.1, 0.15) is 0 Å². The molecule has 1 heteroatoms. The van der Waals surface area contributed by atoms with Gasteiger partial charge in [0, 0.05) is 0 Å². The predicted molar refractivity (Wildman–Crippen MR) is 104 cm³/mol. The highest BCUT2D eigenvalue weighted by Gasteiger charge is 2.39. The lowest BCUT2D eigenvalue weighted by atomic mass is 9.25. The Morgan fingerprint density at radius 2 is 0.957 bits per heavy atom. The maximum atomic E-state index is 2.45. The Bertz CT molecular complexity index is 357. The van der Waals surface area contributed by atoms with Crippen LogP contribution >= 0.6 is 0 Å². The van der Waals surface area contributed by atoms with E-state index in [0.717, 1.165) is 24.3 Å². The van der Waals surface area contributed by atoms with Crippen LogP contribution in [0.5, 0.6) is 0 Å². The SMILES string of the molecule is CC(C)=C(B(C1CCCCC1)C1CCCCC1)C1CCCCC1. The highest BCUT2D eigenvalue weighted by molar-refractivity contribution is 6.70. The van der Waals surface area contributed by atoms with Gasteiger partial charge < -0.3 is 0 Å². The van der Waals surface area contributed by atoms with Crippen molar-refractivity contribution < 1.29 is 0 Å². The van der Waals surface area contributed by atoms with Crippen molar-refractivity contribution in [2.75, 3.05) is 0 Å². The summed E-state index contributed by atoms with van der Waals surface area (Å²) in [6.45, 7) is 5.86. The van der Waals surface area contributed by atoms with E-state index in [1.165, 1.54) is 96.3 Å². The predicted octanol–water partition coefficient (Wildman–Crippen LogP) is 7.61. The van der Waals surface area contributed by atoms with Crippen LogP contribution in [0.15, 0.2) is 11.0 Å². The molecule has 0 spiro atoms. The third-order valence-corrected chi connectivity index (χ3v) is 7.30. The molecule has 0 saturated heterocycles. The summed E-state index contributed by atoms with van der Waals surface area (Å²) in [7, 11) is 0. The molecule has 0 aromatic rings. The molecule has 3 aliphatic rings. The van der Waals surface area contributed by atoms with Gasteiger partial charge in [0.2, 0.25) is 0 Å². The van der Waals surface area contributed by atoms with Crippen LogP contribution in [-0.4, -0.2) is 6.71 Å². The smallest absolute Gasteiger partial charge is 0.0988 e. The summed E-state index contributed by atoms with van der Waals surface area (Å²) < 4.78 is 0. The Balaban J connectivity index is 1.85. The van der Waals surface area contributed by atoms with Gasteiger partial charge in [0.15, 0.2) is 6.71 Å². The average molecular weight is 314 g/mol. The molecule has 0 nitrogen and oxygen atoms in total. The molecular weight excluding hydrogens is 275 g/mol. The molecular formula is C22H39B. The van der Waals surface area contributed by atoms with E-state index in [9.17, 15) is 0 Å². The van der Waals surface area contributed by atoms with Crippen LogP contribution in [0, 0.1) is 5.92 Å². The van der Waals surface area contributed by atoms with Crippen molar-refractivity contribution in [3.05, 3.63) is 11.0 Å². The third-order valence-electron chi connectivity index (χ3n) is 7.30. The molecule has 0 aliphatic heterocycles. The average Bonchev–Trinajstić information content (AvgIpc) is 2.61. The van der Waals surface area contributed by atoms with Crippen molar-refractivity contribution in [2.24, 2.45) is 5.92 Å². The van der Waals surface area contributed by atoms with Gasteiger partial charge in [-0.15, -0.1) is 0 Å². The Morgan fingerprint density at radius 1 is 0.565 bits per heavy atom. The van der Waals surface area contributed by atoms with Crippen molar-refractivity contribution in [1.82, 2.24) is 0 Å². The molecule has 0 radical (unpaired) electrons. The summed E-state index contributed by atoms with van der Waals surface area (Å²) in [6.07, 6.45) is 22.6. The maximum Gasteiger partial charge on any atom is 0.177 e. The second-order valence-corrected chi connectivity index (χ2v) is 9.11. The minimum Gasteiger partial charge on any atom is -0.0988 e. The first-order chi connectivity index (χ1) is 11.3. The van der Waals surface area contributed by atoms with E-state index in [2.05, 4.69) is 13.8 Å². The Kier molecular flexibility index (Phi) is 6.72. The lowest BCUT2D eigenvalue weighted by molar-refractivity contribution is 0.403. The van der Waals surface area contributed by atoms with Gasteiger partial charge in [-0.3, -0.25) is 0 Å². The highest BCUT2D eigenvalue weighted by Crippen LogP contribution is 2.48. The zero-order valence-corrected chi connectivity index (χ0v) is 15.9. The summed E-state index contributed by atoms with van der Waals surface area (Å²) in [4.78, 5) is 0. The van der Waals surface area contributed by atoms with Gasteiger partial charge in [0.25, 0.3) is 0 Å². The monoisotopic (exact) mass is 314 g/mol. The Hall–Kier alpha value is -0.195. The molecule has 0 unspecified atom stereocenters. The molecule has 0 N–H and O–H groups in total. The zero-order valence-electron chi connectivity index (χ0n) is 15.9. The molecule has 0 aromatic heterocycles. The van der Waals surface area contributed by atoms with Crippen LogP contribution < -0.4 is 0 Å². The lowest BCUT2D eigenvalue weighted by Gasteiger charge is -2.41. The molecule has 0 atom stereocenters. The topological polar surface area (TPSA) is 0 Å². The van der Waals surface area contributed by atoms with E-state index >= 15 is 0 Å². The zero-order chi connectivity index (χ0) is 16.1. The van der Waals surface area contributed by atoms with Gasteiger partial charge in [0.05, 0.1) is 0 Å². The van der Waals surface area contributed by atoms with E-state index in [1.54, 1.807) is 5.57 Å². The first kappa shape index (κ1) is 17.6. The fraction of sp³-hybridized carbons (Fsp3) is 0.909. The van der Waals surface area contributed by atoms with E-state index in [1.807, 2.05) is 5.47 Å². The molecule has 130 valence electrons. The number of hydrogen-bond donors (Lipinski definition) is 0. The normalized spacial score (nSPS) is 25.3. The summed E-state index contributed by atoms with van der Waals surface area (Å²) in [5.74, 6) is 3.00. The molecule has 0 heterocycles. The maximum absolute atomic E-state index is 2.45. The van der Waals surface area contributed by atoms with E-state index in [-0.39, 0.29) is 0 Å². The van der Waals surface area contributed by atoms with Crippen molar-refractivity contribution in [1.29, 1.82) is 0 Å². The van der Waals surface area contributed by atoms with Crippen LogP contribution in [-0.2, 0) is 0 Å². The van der Waals surface area contributed by atoms with Crippen molar-refractivity contribution in [2.45, 2.75) is 122 Å². The molecule has 0 bridgehead atoms. The number of hydrogen-bond acceptors (Lipinski definition) is 0. The summed E-state index contributed by atoms with van der Waals surface area (Å²) >= 11 is 0. The Morgan fingerprint density at radius 3 is 1.35 bits per heavy atom. The largest absolute Gasteiger partial charge is 0.177 e. The fourth-order valence-electron chi connectivity index (χ4n) is 6.31. The minimum atomic E-state index is 0.947. The van der Waals surface area contributed by atoms with Crippen molar-refractivity contribution in [3.63, 3.8) is 0 Å². The molecule has 3 rings (SSSR count). The highest BCUT2D eigenvalue weighted by atomic mass is 14.3. The molecule has 0 amide bonds. The second-order valence-electron chi connectivity index (χ2n) is 9.11. The van der Waals surface area contributed by atoms with E-state index in [4.69, 9.17) is 0 Å². The quantitative estimate of drug-likeness (QED) is 0.468. The first-order valence-electron chi connectivity index (χ1n) is 10.9. The molecule has 3 saturated carbocycles. The minimum absolute atomic E-state index is 0.947. The Labute approximate surface area is 146 Å². The first-order valence-corrected chi connectivity index (χ1v) is 10.9. The van der Waals surface area contributed by atoms with Gasteiger partial charge >= 0.3 is 0 Å². The van der Waals surface area contributed by atoms with Crippen LogP contribution in [0.1, 0.15) is 110 Å². The van der Waals surface area contributed by atoms with Gasteiger partial charge in [-0.05, 0) is 32.6 Å². The van der Waals surface area contributed by atoms with Crippen molar-refractivity contribution in [3.8, 4) is 0 Å². The molecule has 0 aromatic carbocycles. The fourth-order valence-corrected chi connectivity index (χ4v) is 6.31. The number of rotatable bonds is 4. The van der Waals surface area contributed by atoms with Gasteiger partial charge in [-0.2, -0.15) is 0 Å². The third kappa shape index (κ3) is 4.46. The van der Waals surface area contributed by atoms with E-state index < -0.39 is 0 Å². The van der Waals surface area contributed by atoms with Gasteiger partial charge in [-0.25, -0.2) is 0 Å². The van der Waals surface area contributed by atoms with Crippen LogP contribution in [0.25, 0.3) is 0 Å².